The van der Waals surface area contributed by atoms with Crippen LogP contribution in [0, 0.1) is 11.3 Å². The molecule has 6 heteroatoms. The fourth-order valence-electron chi connectivity index (χ4n) is 2.05. The zero-order chi connectivity index (χ0) is 13.0. The van der Waals surface area contributed by atoms with Crippen LogP contribution in [0.25, 0.3) is 0 Å². The van der Waals surface area contributed by atoms with Gasteiger partial charge in [-0.3, -0.25) is 4.79 Å². The Morgan fingerprint density at radius 3 is 2.72 bits per heavy atom. The lowest BCUT2D eigenvalue weighted by Gasteiger charge is -2.28. The second kappa shape index (κ2) is 5.78. The van der Waals surface area contributed by atoms with E-state index in [0.717, 1.165) is 32.4 Å². The molecule has 0 N–H and O–H groups in total. The molecule has 1 fully saturated rings. The van der Waals surface area contributed by atoms with Crippen molar-refractivity contribution in [2.24, 2.45) is 0 Å². The second-order valence-electron chi connectivity index (χ2n) is 4.21. The number of halogens is 1. The first-order chi connectivity index (χ1) is 8.72. The first-order valence-electron chi connectivity index (χ1n) is 5.88. The third-order valence-corrected chi connectivity index (χ3v) is 3.20. The van der Waals surface area contributed by atoms with Gasteiger partial charge in [0.1, 0.15) is 11.5 Å². The average Bonchev–Trinajstić information content (AvgIpc) is 2.40. The summed E-state index contributed by atoms with van der Waals surface area (Å²) in [5, 5.41) is 9.41. The van der Waals surface area contributed by atoms with Gasteiger partial charge in [-0.2, -0.15) is 5.26 Å². The lowest BCUT2D eigenvalue weighted by molar-refractivity contribution is -0.132. The van der Waals surface area contributed by atoms with Crippen molar-refractivity contribution < 1.29 is 4.79 Å². The lowest BCUT2D eigenvalue weighted by Crippen LogP contribution is -2.38. The monoisotopic (exact) mass is 264 g/mol. The summed E-state index contributed by atoms with van der Waals surface area (Å²) in [6, 6.07) is 3.47. The summed E-state index contributed by atoms with van der Waals surface area (Å²) in [5.74, 6) is -1.07. The molecule has 1 aromatic rings. The van der Waals surface area contributed by atoms with Gasteiger partial charge in [-0.05, 0) is 25.3 Å². The zero-order valence-electron chi connectivity index (χ0n) is 9.84. The zero-order valence-corrected chi connectivity index (χ0v) is 10.6. The number of hydrogen-bond donors (Lipinski definition) is 0. The highest BCUT2D eigenvalue weighted by molar-refractivity contribution is 6.29. The number of amides is 1. The number of hydrogen-bond acceptors (Lipinski definition) is 4. The fraction of sp³-hybridized carbons (Fsp3) is 0.500. The number of nitriles is 1. The fourth-order valence-corrected chi connectivity index (χ4v) is 2.21. The molecule has 1 aromatic heterocycles. The van der Waals surface area contributed by atoms with Gasteiger partial charge in [-0.15, -0.1) is 0 Å². The molecule has 1 unspecified atom stereocenters. The van der Waals surface area contributed by atoms with Crippen LogP contribution in [0.5, 0.6) is 0 Å². The maximum absolute atomic E-state index is 12.2. The Kier molecular flexibility index (Phi) is 4.11. The van der Waals surface area contributed by atoms with Gasteiger partial charge in [0.2, 0.25) is 5.91 Å². The number of rotatable bonds is 2. The van der Waals surface area contributed by atoms with Gasteiger partial charge in [0.15, 0.2) is 5.92 Å². The van der Waals surface area contributed by atoms with E-state index in [1.807, 2.05) is 6.07 Å². The normalized spacial score (nSPS) is 17.0. The molecule has 0 saturated carbocycles. The Bertz CT molecular complexity index is 479. The number of nitrogens with zero attached hydrogens (tertiary/aromatic N) is 4. The maximum atomic E-state index is 12.2. The van der Waals surface area contributed by atoms with Crippen LogP contribution in [-0.4, -0.2) is 33.9 Å². The Balaban J connectivity index is 2.18. The van der Waals surface area contributed by atoms with Crippen LogP contribution < -0.4 is 0 Å². The van der Waals surface area contributed by atoms with Crippen LogP contribution >= 0.6 is 11.6 Å². The molecule has 1 aliphatic heterocycles. The first kappa shape index (κ1) is 12.8. The molecular weight excluding hydrogens is 252 g/mol. The van der Waals surface area contributed by atoms with Crippen LogP contribution in [0.4, 0.5) is 0 Å². The average molecular weight is 265 g/mol. The maximum Gasteiger partial charge on any atom is 0.246 e. The molecule has 2 rings (SSSR count). The highest BCUT2D eigenvalue weighted by Gasteiger charge is 2.28. The predicted octanol–water partition coefficient (Wildman–Crippen LogP) is 1.75. The largest absolute Gasteiger partial charge is 0.341 e. The summed E-state index contributed by atoms with van der Waals surface area (Å²) in [4.78, 5) is 21.7. The third-order valence-electron chi connectivity index (χ3n) is 2.99. The first-order valence-corrected chi connectivity index (χ1v) is 6.26. The Morgan fingerprint density at radius 1 is 1.39 bits per heavy atom. The van der Waals surface area contributed by atoms with Gasteiger partial charge in [-0.25, -0.2) is 9.97 Å². The van der Waals surface area contributed by atoms with Gasteiger partial charge in [0.05, 0.1) is 11.8 Å². The smallest absolute Gasteiger partial charge is 0.246 e. The van der Waals surface area contributed by atoms with Gasteiger partial charge in [-0.1, -0.05) is 11.6 Å². The predicted molar refractivity (Wildman–Crippen MR) is 65.8 cm³/mol. The van der Waals surface area contributed by atoms with E-state index in [9.17, 15) is 10.1 Å². The Morgan fingerprint density at radius 2 is 2.11 bits per heavy atom. The summed E-state index contributed by atoms with van der Waals surface area (Å²) in [5.41, 5.74) is 0.369. The summed E-state index contributed by atoms with van der Waals surface area (Å²) >= 11 is 5.75. The summed E-state index contributed by atoms with van der Waals surface area (Å²) in [7, 11) is 0. The molecule has 0 aliphatic carbocycles. The molecule has 1 atom stereocenters. The van der Waals surface area contributed by atoms with Crippen molar-refractivity contribution in [1.29, 1.82) is 5.26 Å². The minimum absolute atomic E-state index is 0.188. The van der Waals surface area contributed by atoms with Crippen LogP contribution in [0.3, 0.4) is 0 Å². The summed E-state index contributed by atoms with van der Waals surface area (Å²) < 4.78 is 0. The molecular formula is C12H13ClN4O. The molecule has 5 nitrogen and oxygen atoms in total. The van der Waals surface area contributed by atoms with Crippen LogP contribution in [0.15, 0.2) is 12.4 Å². The van der Waals surface area contributed by atoms with Crippen LogP contribution in [0.1, 0.15) is 30.9 Å². The SMILES string of the molecule is N#CC(C(=O)N1CCCCC1)c1cc(Cl)ncn1. The molecule has 2 heterocycles. The van der Waals surface area contributed by atoms with Crippen molar-refractivity contribution in [2.45, 2.75) is 25.2 Å². The number of carbonyl (C=O) groups excluding carboxylic acids is 1. The van der Waals surface area contributed by atoms with Crippen molar-refractivity contribution in [3.05, 3.63) is 23.2 Å². The Labute approximate surface area is 110 Å². The van der Waals surface area contributed by atoms with E-state index in [1.165, 1.54) is 12.4 Å². The van der Waals surface area contributed by atoms with E-state index < -0.39 is 5.92 Å². The van der Waals surface area contributed by atoms with Gasteiger partial charge in [0, 0.05) is 13.1 Å². The quantitative estimate of drug-likeness (QED) is 0.763. The van der Waals surface area contributed by atoms with Gasteiger partial charge < -0.3 is 4.90 Å². The highest BCUT2D eigenvalue weighted by atomic mass is 35.5. The van der Waals surface area contributed by atoms with Crippen molar-refractivity contribution in [3.63, 3.8) is 0 Å². The van der Waals surface area contributed by atoms with Crippen molar-refractivity contribution in [3.8, 4) is 6.07 Å². The van der Waals surface area contributed by atoms with E-state index in [-0.39, 0.29) is 11.1 Å². The molecule has 1 aliphatic rings. The molecule has 0 spiro atoms. The molecule has 1 saturated heterocycles. The van der Waals surface area contributed by atoms with E-state index in [1.54, 1.807) is 4.90 Å². The van der Waals surface area contributed by atoms with Crippen LogP contribution in [-0.2, 0) is 4.79 Å². The molecule has 0 radical (unpaired) electrons. The number of likely N-dealkylation sites (tertiary alicyclic amines) is 1. The van der Waals surface area contributed by atoms with E-state index in [0.29, 0.717) is 5.69 Å². The van der Waals surface area contributed by atoms with E-state index in [2.05, 4.69) is 9.97 Å². The molecule has 18 heavy (non-hydrogen) atoms. The molecule has 0 bridgehead atoms. The highest BCUT2D eigenvalue weighted by Crippen LogP contribution is 2.20. The third kappa shape index (κ3) is 2.77. The number of aromatic nitrogens is 2. The van der Waals surface area contributed by atoms with E-state index >= 15 is 0 Å². The van der Waals surface area contributed by atoms with Gasteiger partial charge >= 0.3 is 0 Å². The molecule has 1 amide bonds. The standard InChI is InChI=1S/C12H13ClN4O/c13-11-6-10(15-8-16-11)9(7-14)12(18)17-4-2-1-3-5-17/h6,8-9H,1-5H2. The summed E-state index contributed by atoms with van der Waals surface area (Å²) in [6.07, 6.45) is 4.40. The van der Waals surface area contributed by atoms with Gasteiger partial charge in [0.25, 0.3) is 0 Å². The Hall–Kier alpha value is -1.67. The molecule has 94 valence electrons. The van der Waals surface area contributed by atoms with Crippen molar-refractivity contribution in [1.82, 2.24) is 14.9 Å². The van der Waals surface area contributed by atoms with Crippen molar-refractivity contribution in [2.75, 3.05) is 13.1 Å². The topological polar surface area (TPSA) is 69.9 Å². The molecule has 0 aromatic carbocycles. The van der Waals surface area contributed by atoms with Crippen LogP contribution in [0.2, 0.25) is 5.15 Å². The van der Waals surface area contributed by atoms with Crippen molar-refractivity contribution >= 4 is 17.5 Å². The minimum atomic E-state index is -0.886. The lowest BCUT2D eigenvalue weighted by atomic mass is 10.0. The van der Waals surface area contributed by atoms with E-state index in [4.69, 9.17) is 11.6 Å². The summed E-state index contributed by atoms with van der Waals surface area (Å²) in [6.45, 7) is 1.44. The number of piperidine rings is 1. The second-order valence-corrected chi connectivity index (χ2v) is 4.60. The minimum Gasteiger partial charge on any atom is -0.341 e. The number of carbonyl (C=O) groups is 1.